The van der Waals surface area contributed by atoms with Gasteiger partial charge in [0.15, 0.2) is 0 Å². The predicted octanol–water partition coefficient (Wildman–Crippen LogP) is 3.38. The molecule has 110 valence electrons. The summed E-state index contributed by atoms with van der Waals surface area (Å²) < 4.78 is 0. The minimum absolute atomic E-state index is 0.109. The number of thioether (sulfide) groups is 1. The number of aromatic carboxylic acids is 1. The molecule has 2 rings (SSSR count). The highest BCUT2D eigenvalue weighted by Crippen LogP contribution is 2.25. The molecule has 4 nitrogen and oxygen atoms in total. The van der Waals surface area contributed by atoms with E-state index in [1.807, 2.05) is 5.38 Å². The lowest BCUT2D eigenvalue weighted by molar-refractivity contribution is -0.121. The highest BCUT2D eigenvalue weighted by Gasteiger charge is 2.15. The average molecular weight is 313 g/mol. The van der Waals surface area contributed by atoms with Gasteiger partial charge in [-0.2, -0.15) is 0 Å². The molecule has 1 aromatic rings. The van der Waals surface area contributed by atoms with Gasteiger partial charge in [-0.3, -0.25) is 4.79 Å². The van der Waals surface area contributed by atoms with Crippen LogP contribution in [0.15, 0.2) is 16.3 Å². The molecule has 0 aromatic carbocycles. The normalized spacial score (nSPS) is 16.0. The van der Waals surface area contributed by atoms with Gasteiger partial charge in [-0.1, -0.05) is 19.3 Å². The zero-order valence-electron chi connectivity index (χ0n) is 11.3. The Bertz CT molecular complexity index is 467. The maximum atomic E-state index is 11.8. The maximum absolute atomic E-state index is 11.8. The molecule has 1 saturated carbocycles. The zero-order valence-corrected chi connectivity index (χ0v) is 12.9. The number of carbonyl (C=O) groups is 2. The lowest BCUT2D eigenvalue weighted by Gasteiger charge is -2.22. The fourth-order valence-electron chi connectivity index (χ4n) is 2.31. The zero-order chi connectivity index (χ0) is 14.4. The molecule has 0 bridgehead atoms. The molecule has 0 radical (unpaired) electrons. The van der Waals surface area contributed by atoms with E-state index in [9.17, 15) is 9.59 Å². The lowest BCUT2D eigenvalue weighted by atomic mass is 9.95. The molecule has 1 aliphatic rings. The Kier molecular flexibility index (Phi) is 5.91. The van der Waals surface area contributed by atoms with Crippen LogP contribution in [0.1, 0.15) is 48.2 Å². The first kappa shape index (κ1) is 15.4. The van der Waals surface area contributed by atoms with Crippen molar-refractivity contribution in [3.05, 3.63) is 16.3 Å². The van der Waals surface area contributed by atoms with Crippen LogP contribution in [0.5, 0.6) is 0 Å². The molecule has 20 heavy (non-hydrogen) atoms. The van der Waals surface area contributed by atoms with E-state index < -0.39 is 5.97 Å². The summed E-state index contributed by atoms with van der Waals surface area (Å²) in [4.78, 5) is 23.8. The molecular weight excluding hydrogens is 294 g/mol. The van der Waals surface area contributed by atoms with E-state index >= 15 is 0 Å². The monoisotopic (exact) mass is 313 g/mol. The van der Waals surface area contributed by atoms with Crippen molar-refractivity contribution >= 4 is 35.0 Å². The Morgan fingerprint density at radius 1 is 1.35 bits per heavy atom. The van der Waals surface area contributed by atoms with E-state index in [1.165, 1.54) is 42.4 Å². The van der Waals surface area contributed by atoms with Crippen molar-refractivity contribution < 1.29 is 14.7 Å². The molecule has 0 spiro atoms. The lowest BCUT2D eigenvalue weighted by Crippen LogP contribution is -2.36. The number of hydrogen-bond donors (Lipinski definition) is 2. The Labute approximate surface area is 127 Å². The molecule has 0 aliphatic heterocycles. The summed E-state index contributed by atoms with van der Waals surface area (Å²) >= 11 is 2.76. The molecule has 1 heterocycles. The van der Waals surface area contributed by atoms with Crippen LogP contribution in [-0.4, -0.2) is 28.8 Å². The van der Waals surface area contributed by atoms with Gasteiger partial charge < -0.3 is 10.4 Å². The van der Waals surface area contributed by atoms with Crippen LogP contribution in [0.3, 0.4) is 0 Å². The maximum Gasteiger partial charge on any atom is 0.345 e. The molecule has 6 heteroatoms. The summed E-state index contributed by atoms with van der Waals surface area (Å²) in [5.74, 6) is -0.0936. The highest BCUT2D eigenvalue weighted by molar-refractivity contribution is 7.99. The summed E-state index contributed by atoms with van der Waals surface area (Å²) in [5.41, 5.74) is 0. The Morgan fingerprint density at radius 3 is 2.75 bits per heavy atom. The third-order valence-corrected chi connectivity index (χ3v) is 5.40. The first-order valence-corrected chi connectivity index (χ1v) is 8.75. The fourth-order valence-corrected chi connectivity index (χ4v) is 4.14. The first-order chi connectivity index (χ1) is 9.65. The van der Waals surface area contributed by atoms with Gasteiger partial charge in [0.25, 0.3) is 0 Å². The van der Waals surface area contributed by atoms with Crippen LogP contribution in [0.2, 0.25) is 0 Å². The van der Waals surface area contributed by atoms with E-state index in [2.05, 4.69) is 5.32 Å². The first-order valence-electron chi connectivity index (χ1n) is 6.89. The Hall–Kier alpha value is -1.01. The third-order valence-electron chi connectivity index (χ3n) is 3.35. The number of carboxylic acids is 1. The minimum Gasteiger partial charge on any atom is -0.477 e. The van der Waals surface area contributed by atoms with Crippen LogP contribution in [0.25, 0.3) is 0 Å². The number of hydrogen-bond acceptors (Lipinski definition) is 4. The van der Waals surface area contributed by atoms with Gasteiger partial charge >= 0.3 is 5.97 Å². The summed E-state index contributed by atoms with van der Waals surface area (Å²) in [7, 11) is 0. The second-order valence-corrected chi connectivity index (χ2v) is 7.03. The molecule has 0 saturated heterocycles. The van der Waals surface area contributed by atoms with Gasteiger partial charge in [0, 0.05) is 28.5 Å². The van der Waals surface area contributed by atoms with Crippen molar-refractivity contribution in [1.29, 1.82) is 0 Å². The summed E-state index contributed by atoms with van der Waals surface area (Å²) in [6, 6.07) is 2.03. The summed E-state index contributed by atoms with van der Waals surface area (Å²) in [5, 5.41) is 13.7. The molecule has 2 N–H and O–H groups in total. The molecule has 1 fully saturated rings. The SMILES string of the molecule is O=C(CCSc1csc(C(=O)O)c1)NC1CCCCC1. The highest BCUT2D eigenvalue weighted by atomic mass is 32.2. The van der Waals surface area contributed by atoms with Crippen LogP contribution < -0.4 is 5.32 Å². The van der Waals surface area contributed by atoms with Crippen molar-refractivity contribution in [2.75, 3.05) is 5.75 Å². The van der Waals surface area contributed by atoms with Gasteiger partial charge in [0.1, 0.15) is 4.88 Å². The predicted molar refractivity (Wildman–Crippen MR) is 81.6 cm³/mol. The second-order valence-electron chi connectivity index (χ2n) is 4.95. The third kappa shape index (κ3) is 4.83. The van der Waals surface area contributed by atoms with Gasteiger partial charge in [-0.25, -0.2) is 4.79 Å². The Morgan fingerprint density at radius 2 is 2.10 bits per heavy atom. The van der Waals surface area contributed by atoms with Crippen LogP contribution in [-0.2, 0) is 4.79 Å². The number of thiophene rings is 1. The second kappa shape index (κ2) is 7.69. The standard InChI is InChI=1S/C14H19NO3S2/c16-13(15-10-4-2-1-3-5-10)6-7-19-11-8-12(14(17)18)20-9-11/h8-10H,1-7H2,(H,15,16)(H,17,18). The number of carbonyl (C=O) groups excluding carboxylic acids is 1. The van der Waals surface area contributed by atoms with Crippen LogP contribution in [0.4, 0.5) is 0 Å². The number of amides is 1. The smallest absolute Gasteiger partial charge is 0.345 e. The van der Waals surface area contributed by atoms with Gasteiger partial charge in [0.2, 0.25) is 5.91 Å². The van der Waals surface area contributed by atoms with Crippen molar-refractivity contribution in [2.45, 2.75) is 49.5 Å². The average Bonchev–Trinajstić information content (AvgIpc) is 2.89. The van der Waals surface area contributed by atoms with Gasteiger partial charge in [-0.15, -0.1) is 23.1 Å². The van der Waals surface area contributed by atoms with Gasteiger partial charge in [0.05, 0.1) is 0 Å². The van der Waals surface area contributed by atoms with E-state index in [0.717, 1.165) is 17.7 Å². The van der Waals surface area contributed by atoms with Crippen LogP contribution in [0, 0.1) is 0 Å². The minimum atomic E-state index is -0.892. The van der Waals surface area contributed by atoms with Gasteiger partial charge in [-0.05, 0) is 18.9 Å². The molecule has 1 amide bonds. The molecule has 1 aliphatic carbocycles. The number of rotatable bonds is 6. The van der Waals surface area contributed by atoms with E-state index in [1.54, 1.807) is 6.07 Å². The number of nitrogens with one attached hydrogen (secondary N) is 1. The van der Waals surface area contributed by atoms with E-state index in [0.29, 0.717) is 23.1 Å². The quantitative estimate of drug-likeness (QED) is 0.790. The molecule has 0 atom stereocenters. The largest absolute Gasteiger partial charge is 0.477 e. The van der Waals surface area contributed by atoms with Crippen molar-refractivity contribution in [1.82, 2.24) is 5.32 Å². The van der Waals surface area contributed by atoms with Crippen LogP contribution >= 0.6 is 23.1 Å². The molecule has 0 unspecified atom stereocenters. The number of carboxylic acid groups (broad SMARTS) is 1. The fraction of sp³-hybridized carbons (Fsp3) is 0.571. The summed E-state index contributed by atoms with van der Waals surface area (Å²) in [6.07, 6.45) is 6.40. The van der Waals surface area contributed by atoms with E-state index in [-0.39, 0.29) is 5.91 Å². The van der Waals surface area contributed by atoms with Crippen molar-refractivity contribution in [3.63, 3.8) is 0 Å². The Balaban J connectivity index is 1.66. The topological polar surface area (TPSA) is 66.4 Å². The van der Waals surface area contributed by atoms with E-state index in [4.69, 9.17) is 5.11 Å². The molecule has 1 aromatic heterocycles. The van der Waals surface area contributed by atoms with Crippen molar-refractivity contribution in [2.24, 2.45) is 0 Å². The molecular formula is C14H19NO3S2. The summed E-state index contributed by atoms with van der Waals surface area (Å²) in [6.45, 7) is 0. The van der Waals surface area contributed by atoms with Crippen molar-refractivity contribution in [3.8, 4) is 0 Å².